The fourth-order valence-electron chi connectivity index (χ4n) is 2.40. The molecule has 3 heteroatoms. The van der Waals surface area contributed by atoms with Crippen molar-refractivity contribution in [3.8, 4) is 0 Å². The molecular formula is C27H60N2O. The topological polar surface area (TPSA) is 24.5 Å². The molecular weight excluding hydrogens is 368 g/mol. The molecule has 0 atom stereocenters. The van der Waals surface area contributed by atoms with E-state index in [2.05, 4.69) is 65.7 Å². The number of likely N-dealkylation sites (N-methyl/N-ethyl adjacent to an activating group) is 1. The Hall–Kier alpha value is -0.120. The lowest BCUT2D eigenvalue weighted by Crippen LogP contribution is -2.32. The number of hydrogen-bond acceptors (Lipinski definition) is 3. The van der Waals surface area contributed by atoms with Crippen molar-refractivity contribution in [1.29, 1.82) is 0 Å². The molecule has 2 saturated carbocycles. The molecule has 4 rings (SSSR count). The van der Waals surface area contributed by atoms with Crippen LogP contribution in [0.3, 0.4) is 0 Å². The van der Waals surface area contributed by atoms with Crippen LogP contribution in [0.4, 0.5) is 0 Å². The quantitative estimate of drug-likeness (QED) is 0.471. The number of nitrogens with zero attached hydrogens (tertiary/aromatic N) is 1. The molecule has 2 aliphatic heterocycles. The zero-order valence-corrected chi connectivity index (χ0v) is 22.4. The van der Waals surface area contributed by atoms with Crippen molar-refractivity contribution in [3.05, 3.63) is 0 Å². The van der Waals surface area contributed by atoms with Crippen molar-refractivity contribution in [1.82, 2.24) is 10.2 Å². The lowest BCUT2D eigenvalue weighted by Gasteiger charge is -2.21. The summed E-state index contributed by atoms with van der Waals surface area (Å²) in [6.45, 7) is 22.0. The van der Waals surface area contributed by atoms with Gasteiger partial charge in [0.2, 0.25) is 0 Å². The van der Waals surface area contributed by atoms with Crippen LogP contribution in [0.1, 0.15) is 113 Å². The summed E-state index contributed by atoms with van der Waals surface area (Å²) in [7, 11) is 2.11. The van der Waals surface area contributed by atoms with E-state index in [-0.39, 0.29) is 0 Å². The monoisotopic (exact) mass is 428 g/mol. The summed E-state index contributed by atoms with van der Waals surface area (Å²) in [6.07, 6.45) is 14.1. The average Bonchev–Trinajstić information content (AvgIpc) is 3.52. The Labute approximate surface area is 192 Å². The molecule has 4 fully saturated rings. The van der Waals surface area contributed by atoms with E-state index < -0.39 is 0 Å². The first kappa shape index (κ1) is 32.1. The minimum atomic E-state index is 0.913. The molecule has 0 aromatic heterocycles. The highest BCUT2D eigenvalue weighted by Crippen LogP contribution is 2.26. The largest absolute Gasteiger partial charge is 0.379 e. The van der Waals surface area contributed by atoms with Crippen LogP contribution in [0.15, 0.2) is 0 Å². The van der Waals surface area contributed by atoms with E-state index in [1.54, 1.807) is 0 Å². The number of nitrogens with one attached hydrogen (secondary N) is 1. The molecule has 2 saturated heterocycles. The first-order valence-electron chi connectivity index (χ1n) is 13.4. The van der Waals surface area contributed by atoms with Gasteiger partial charge < -0.3 is 15.0 Å². The van der Waals surface area contributed by atoms with Gasteiger partial charge in [-0.15, -0.1) is 0 Å². The van der Waals surface area contributed by atoms with Gasteiger partial charge in [0.05, 0.1) is 13.2 Å². The van der Waals surface area contributed by atoms with Gasteiger partial charge in [0.1, 0.15) is 0 Å². The maximum absolute atomic E-state index is 5.10. The van der Waals surface area contributed by atoms with Gasteiger partial charge in [-0.3, -0.25) is 0 Å². The predicted molar refractivity (Wildman–Crippen MR) is 138 cm³/mol. The fraction of sp³-hybridized carbons (Fsp3) is 1.00. The molecule has 0 bridgehead atoms. The Morgan fingerprint density at radius 1 is 0.700 bits per heavy atom. The SMILES string of the molecule is CC1CC1.CC1CCC1.CC1CCNCC1.CCC.CCCC.CN1CCOCC1. The van der Waals surface area contributed by atoms with E-state index in [1.165, 1.54) is 77.3 Å². The van der Waals surface area contributed by atoms with E-state index in [9.17, 15) is 0 Å². The molecule has 0 radical (unpaired) electrons. The van der Waals surface area contributed by atoms with Gasteiger partial charge >= 0.3 is 0 Å². The molecule has 2 aliphatic carbocycles. The third-order valence-corrected chi connectivity index (χ3v) is 5.62. The molecule has 0 amide bonds. The third-order valence-electron chi connectivity index (χ3n) is 5.62. The Kier molecular flexibility index (Phi) is 26.9. The maximum atomic E-state index is 5.10. The van der Waals surface area contributed by atoms with Crippen molar-refractivity contribution < 1.29 is 4.74 Å². The summed E-state index contributed by atoms with van der Waals surface area (Å²) in [6, 6.07) is 0. The lowest BCUT2D eigenvalue weighted by molar-refractivity contribution is 0.0503. The first-order valence-corrected chi connectivity index (χ1v) is 13.4. The maximum Gasteiger partial charge on any atom is 0.0594 e. The number of ether oxygens (including phenoxy) is 1. The molecule has 0 unspecified atom stereocenters. The van der Waals surface area contributed by atoms with E-state index >= 15 is 0 Å². The van der Waals surface area contributed by atoms with Crippen LogP contribution >= 0.6 is 0 Å². The van der Waals surface area contributed by atoms with E-state index in [0.717, 1.165) is 44.1 Å². The number of rotatable bonds is 1. The normalized spacial score (nSPS) is 21.2. The molecule has 184 valence electrons. The Bertz CT molecular complexity index is 273. The van der Waals surface area contributed by atoms with Gasteiger partial charge in [0.25, 0.3) is 0 Å². The van der Waals surface area contributed by atoms with Crippen LogP contribution in [0.2, 0.25) is 0 Å². The standard InChI is InChI=1S/C6H13N.C5H11NO.C5H10.C4H8.C4H10.C3H8/c2*1-6-2-4-7-5-3-6;1-5-3-2-4-5;1-4-2-3-4;1-3-4-2;1-3-2/h6-7H,2-5H2,1H3;2-5H2,1H3;5H,2-4H2,1H3;4H,2-3H2,1H3;3-4H2,1-2H3;3H2,1-2H3. The highest BCUT2D eigenvalue weighted by Gasteiger charge is 2.12. The first-order chi connectivity index (χ1) is 14.4. The smallest absolute Gasteiger partial charge is 0.0594 e. The summed E-state index contributed by atoms with van der Waals surface area (Å²) in [5, 5.41) is 3.32. The second kappa shape index (κ2) is 25.1. The highest BCUT2D eigenvalue weighted by atomic mass is 16.5. The summed E-state index contributed by atoms with van der Waals surface area (Å²) < 4.78 is 5.10. The van der Waals surface area contributed by atoms with Crippen LogP contribution < -0.4 is 5.32 Å². The molecule has 4 aliphatic rings. The Morgan fingerprint density at radius 2 is 1.10 bits per heavy atom. The number of morpholine rings is 1. The average molecular weight is 429 g/mol. The summed E-state index contributed by atoms with van der Waals surface area (Å²) in [5.41, 5.74) is 0. The summed E-state index contributed by atoms with van der Waals surface area (Å²) >= 11 is 0. The molecule has 0 aromatic rings. The van der Waals surface area contributed by atoms with Gasteiger partial charge in [-0.25, -0.2) is 0 Å². The zero-order valence-electron chi connectivity index (χ0n) is 22.4. The zero-order chi connectivity index (χ0) is 23.0. The molecule has 30 heavy (non-hydrogen) atoms. The number of unbranched alkanes of at least 4 members (excludes halogenated alkanes) is 1. The van der Waals surface area contributed by atoms with E-state index in [1.807, 2.05) is 0 Å². The fourth-order valence-corrected chi connectivity index (χ4v) is 2.40. The van der Waals surface area contributed by atoms with Gasteiger partial charge in [-0.1, -0.05) is 99.8 Å². The minimum absolute atomic E-state index is 0.913. The van der Waals surface area contributed by atoms with E-state index in [4.69, 9.17) is 4.74 Å². The molecule has 0 spiro atoms. The van der Waals surface area contributed by atoms with Crippen molar-refractivity contribution >= 4 is 0 Å². The van der Waals surface area contributed by atoms with Crippen LogP contribution in [0.25, 0.3) is 0 Å². The van der Waals surface area contributed by atoms with Gasteiger partial charge in [-0.2, -0.15) is 0 Å². The summed E-state index contributed by atoms with van der Waals surface area (Å²) in [4.78, 5) is 2.27. The van der Waals surface area contributed by atoms with Gasteiger partial charge in [0, 0.05) is 13.1 Å². The van der Waals surface area contributed by atoms with Crippen molar-refractivity contribution in [2.75, 3.05) is 46.4 Å². The molecule has 2 heterocycles. The van der Waals surface area contributed by atoms with Crippen LogP contribution in [0.5, 0.6) is 0 Å². The number of hydrogen-bond donors (Lipinski definition) is 1. The lowest BCUT2D eigenvalue weighted by atomic mass is 9.88. The predicted octanol–water partition coefficient (Wildman–Crippen LogP) is 7.40. The van der Waals surface area contributed by atoms with Crippen molar-refractivity contribution in [2.24, 2.45) is 17.8 Å². The van der Waals surface area contributed by atoms with Crippen LogP contribution in [-0.4, -0.2) is 51.3 Å². The molecule has 0 aromatic carbocycles. The number of piperidine rings is 1. The molecule has 1 N–H and O–H groups in total. The van der Waals surface area contributed by atoms with Crippen molar-refractivity contribution in [2.45, 2.75) is 113 Å². The van der Waals surface area contributed by atoms with Crippen molar-refractivity contribution in [3.63, 3.8) is 0 Å². The molecule has 3 nitrogen and oxygen atoms in total. The van der Waals surface area contributed by atoms with Gasteiger partial charge in [0.15, 0.2) is 0 Å². The second-order valence-corrected chi connectivity index (χ2v) is 9.77. The van der Waals surface area contributed by atoms with Crippen LogP contribution in [-0.2, 0) is 4.74 Å². The minimum Gasteiger partial charge on any atom is -0.379 e. The highest BCUT2D eigenvalue weighted by molar-refractivity contribution is 4.65. The van der Waals surface area contributed by atoms with Gasteiger partial charge in [-0.05, 0) is 50.7 Å². The van der Waals surface area contributed by atoms with E-state index in [0.29, 0.717) is 0 Å². The van der Waals surface area contributed by atoms with Crippen LogP contribution in [0, 0.1) is 17.8 Å². The Morgan fingerprint density at radius 3 is 1.23 bits per heavy atom. The third kappa shape index (κ3) is 30.1. The Balaban J connectivity index is 0. The summed E-state index contributed by atoms with van der Waals surface area (Å²) in [5.74, 6) is 3.12. The second-order valence-electron chi connectivity index (χ2n) is 9.77.